The lowest BCUT2D eigenvalue weighted by molar-refractivity contribution is -0.137. The van der Waals surface area contributed by atoms with E-state index in [1.54, 1.807) is 0 Å². The molecule has 0 radical (unpaired) electrons. The molecule has 0 aliphatic carbocycles. The van der Waals surface area contributed by atoms with Crippen molar-refractivity contribution < 1.29 is 22.7 Å². The summed E-state index contributed by atoms with van der Waals surface area (Å²) in [5.41, 5.74) is 1.22. The summed E-state index contributed by atoms with van der Waals surface area (Å²) in [5.74, 6) is 0.265. The molecule has 33 heavy (non-hydrogen) atoms. The molecule has 6 nitrogen and oxygen atoms in total. The van der Waals surface area contributed by atoms with E-state index in [-0.39, 0.29) is 23.6 Å². The summed E-state index contributed by atoms with van der Waals surface area (Å²) in [6.07, 6.45) is -0.816. The first-order valence-corrected chi connectivity index (χ1v) is 11.3. The van der Waals surface area contributed by atoms with Crippen LogP contribution in [0.25, 0.3) is 0 Å². The predicted molar refractivity (Wildman–Crippen MR) is 118 cm³/mol. The number of hydrogen-bond donors (Lipinski definition) is 1. The average Bonchev–Trinajstić information content (AvgIpc) is 2.78. The van der Waals surface area contributed by atoms with Crippen molar-refractivity contribution in [3.8, 4) is 0 Å². The van der Waals surface area contributed by atoms with Crippen LogP contribution < -0.4 is 10.2 Å². The second kappa shape index (κ2) is 9.29. The molecule has 1 atom stereocenters. The van der Waals surface area contributed by atoms with Crippen molar-refractivity contribution in [2.75, 3.05) is 31.1 Å². The Kier molecular flexibility index (Phi) is 6.61. The van der Waals surface area contributed by atoms with Crippen LogP contribution in [0.2, 0.25) is 0 Å². The first-order valence-electron chi connectivity index (χ1n) is 11.3. The number of benzene rings is 1. The van der Waals surface area contributed by atoms with E-state index in [0.29, 0.717) is 6.61 Å². The van der Waals surface area contributed by atoms with Gasteiger partial charge in [0.05, 0.1) is 18.3 Å². The minimum absolute atomic E-state index is 0.00178. The molecule has 1 aromatic heterocycles. The zero-order valence-electron chi connectivity index (χ0n) is 18.9. The number of piperidine rings is 1. The van der Waals surface area contributed by atoms with Gasteiger partial charge in [0.15, 0.2) is 0 Å². The first-order chi connectivity index (χ1) is 15.6. The second-order valence-electron chi connectivity index (χ2n) is 9.20. The van der Waals surface area contributed by atoms with Gasteiger partial charge in [0.1, 0.15) is 0 Å². The zero-order valence-corrected chi connectivity index (χ0v) is 18.9. The smallest absolute Gasteiger partial charge is 0.376 e. The van der Waals surface area contributed by atoms with E-state index in [0.717, 1.165) is 68.2 Å². The van der Waals surface area contributed by atoms with Gasteiger partial charge in [-0.15, -0.1) is 0 Å². The monoisotopic (exact) mass is 462 g/mol. The Labute approximate surface area is 191 Å². The Morgan fingerprint density at radius 1 is 1.15 bits per heavy atom. The van der Waals surface area contributed by atoms with E-state index in [1.165, 1.54) is 12.1 Å². The van der Waals surface area contributed by atoms with Gasteiger partial charge in [0.2, 0.25) is 5.95 Å². The van der Waals surface area contributed by atoms with Crippen LogP contribution in [0.15, 0.2) is 30.3 Å². The van der Waals surface area contributed by atoms with Gasteiger partial charge in [-0.25, -0.2) is 9.97 Å². The van der Waals surface area contributed by atoms with E-state index >= 15 is 0 Å². The van der Waals surface area contributed by atoms with Crippen molar-refractivity contribution in [1.82, 2.24) is 15.3 Å². The topological polar surface area (TPSA) is 67.4 Å². The standard InChI is InChI=1S/C24H29F3N4O2/c1-16-12-17(2)30-22(29-16)31-10-8-23(9-11-31)7-6-20(33-15-23)14-28-21(32)18-4-3-5-19(13-18)24(25,26)27/h3-5,12-13,20H,6-11,14-15H2,1-2H3,(H,28,32)/t20-/m0/s1. The second-order valence-corrected chi connectivity index (χ2v) is 9.20. The molecule has 3 heterocycles. The molecule has 0 bridgehead atoms. The fraction of sp³-hybridized carbons (Fsp3) is 0.542. The number of halogens is 3. The first kappa shape index (κ1) is 23.5. The zero-order chi connectivity index (χ0) is 23.6. The number of aryl methyl sites for hydroxylation is 2. The van der Waals surface area contributed by atoms with E-state index in [2.05, 4.69) is 20.2 Å². The normalized spacial score (nSPS) is 20.6. The largest absolute Gasteiger partial charge is 0.416 e. The highest BCUT2D eigenvalue weighted by molar-refractivity contribution is 5.94. The highest BCUT2D eigenvalue weighted by Gasteiger charge is 2.39. The minimum Gasteiger partial charge on any atom is -0.376 e. The summed E-state index contributed by atoms with van der Waals surface area (Å²) in [6.45, 7) is 6.62. The quantitative estimate of drug-likeness (QED) is 0.734. The maximum absolute atomic E-state index is 12.9. The summed E-state index contributed by atoms with van der Waals surface area (Å²) in [7, 11) is 0. The number of rotatable bonds is 4. The van der Waals surface area contributed by atoms with Crippen molar-refractivity contribution in [1.29, 1.82) is 0 Å². The number of carbonyl (C=O) groups is 1. The van der Waals surface area contributed by atoms with Gasteiger partial charge in [-0.2, -0.15) is 13.2 Å². The van der Waals surface area contributed by atoms with E-state index < -0.39 is 17.6 Å². The molecule has 0 saturated carbocycles. The fourth-order valence-electron chi connectivity index (χ4n) is 4.65. The molecule has 2 aromatic rings. The molecular formula is C24H29F3N4O2. The third-order valence-electron chi connectivity index (χ3n) is 6.64. The Balaban J connectivity index is 1.25. The molecule has 2 fully saturated rings. The van der Waals surface area contributed by atoms with Gasteiger partial charge in [-0.3, -0.25) is 4.79 Å². The molecule has 2 aliphatic rings. The predicted octanol–water partition coefficient (Wildman–Crippen LogP) is 4.31. The van der Waals surface area contributed by atoms with Crippen LogP contribution in [0.4, 0.5) is 19.1 Å². The molecule has 0 unspecified atom stereocenters. The SMILES string of the molecule is Cc1cc(C)nc(N2CCC3(CC[C@@H](CNC(=O)c4cccc(C(F)(F)F)c4)OC3)CC2)n1. The molecule has 4 rings (SSSR count). The number of alkyl halides is 3. The molecular weight excluding hydrogens is 433 g/mol. The highest BCUT2D eigenvalue weighted by Crippen LogP contribution is 2.41. The fourth-order valence-corrected chi connectivity index (χ4v) is 4.65. The van der Waals surface area contributed by atoms with Crippen LogP contribution in [0.3, 0.4) is 0 Å². The number of hydrogen-bond acceptors (Lipinski definition) is 5. The molecule has 178 valence electrons. The Morgan fingerprint density at radius 3 is 2.45 bits per heavy atom. The van der Waals surface area contributed by atoms with Crippen LogP contribution in [-0.4, -0.2) is 48.2 Å². The number of anilines is 1. The van der Waals surface area contributed by atoms with Crippen LogP contribution in [0.1, 0.15) is 53.0 Å². The molecule has 1 N–H and O–H groups in total. The van der Waals surface area contributed by atoms with Crippen LogP contribution >= 0.6 is 0 Å². The lowest BCUT2D eigenvalue weighted by Crippen LogP contribution is -2.48. The van der Waals surface area contributed by atoms with Crippen molar-refractivity contribution >= 4 is 11.9 Å². The lowest BCUT2D eigenvalue weighted by atomic mass is 9.73. The van der Waals surface area contributed by atoms with Gasteiger partial charge in [-0.1, -0.05) is 6.07 Å². The minimum atomic E-state index is -4.48. The summed E-state index contributed by atoms with van der Waals surface area (Å²) in [4.78, 5) is 23.7. The summed E-state index contributed by atoms with van der Waals surface area (Å²) < 4.78 is 44.7. The number of nitrogens with zero attached hydrogens (tertiary/aromatic N) is 3. The summed E-state index contributed by atoms with van der Waals surface area (Å²) >= 11 is 0. The van der Waals surface area contributed by atoms with Gasteiger partial charge < -0.3 is 15.0 Å². The third-order valence-corrected chi connectivity index (χ3v) is 6.64. The van der Waals surface area contributed by atoms with Crippen molar-refractivity contribution in [3.05, 3.63) is 52.8 Å². The Hall–Kier alpha value is -2.68. The Morgan fingerprint density at radius 2 is 1.85 bits per heavy atom. The van der Waals surface area contributed by atoms with Gasteiger partial charge in [0.25, 0.3) is 5.91 Å². The number of aromatic nitrogens is 2. The molecule has 1 spiro atoms. The van der Waals surface area contributed by atoms with Crippen LogP contribution in [0.5, 0.6) is 0 Å². The maximum atomic E-state index is 12.9. The lowest BCUT2D eigenvalue weighted by Gasteiger charge is -2.45. The molecule has 1 aromatic carbocycles. The summed E-state index contributed by atoms with van der Waals surface area (Å²) in [6, 6.07) is 6.43. The third kappa shape index (κ3) is 5.63. The van der Waals surface area contributed by atoms with E-state index in [9.17, 15) is 18.0 Å². The number of ether oxygens (including phenoxy) is 1. The van der Waals surface area contributed by atoms with Gasteiger partial charge in [0, 0.05) is 36.6 Å². The molecule has 2 aliphatic heterocycles. The average molecular weight is 463 g/mol. The molecule has 9 heteroatoms. The van der Waals surface area contributed by atoms with Crippen LogP contribution in [0, 0.1) is 19.3 Å². The maximum Gasteiger partial charge on any atom is 0.416 e. The molecule has 2 saturated heterocycles. The van der Waals surface area contributed by atoms with Crippen LogP contribution in [-0.2, 0) is 10.9 Å². The van der Waals surface area contributed by atoms with E-state index in [4.69, 9.17) is 4.74 Å². The van der Waals surface area contributed by atoms with E-state index in [1.807, 2.05) is 19.9 Å². The Bertz CT molecular complexity index is 973. The van der Waals surface area contributed by atoms with Crippen molar-refractivity contribution in [2.24, 2.45) is 5.41 Å². The summed E-state index contributed by atoms with van der Waals surface area (Å²) in [5, 5.41) is 2.72. The number of amides is 1. The van der Waals surface area contributed by atoms with Crippen molar-refractivity contribution in [2.45, 2.75) is 51.8 Å². The number of carbonyl (C=O) groups excluding carboxylic acids is 1. The van der Waals surface area contributed by atoms with Crippen molar-refractivity contribution in [3.63, 3.8) is 0 Å². The number of nitrogens with one attached hydrogen (secondary N) is 1. The molecule has 1 amide bonds. The highest BCUT2D eigenvalue weighted by atomic mass is 19.4. The van der Waals surface area contributed by atoms with Gasteiger partial charge in [-0.05, 0) is 69.2 Å². The van der Waals surface area contributed by atoms with Gasteiger partial charge >= 0.3 is 6.18 Å².